The summed E-state index contributed by atoms with van der Waals surface area (Å²) in [6.07, 6.45) is 2.03. The quantitative estimate of drug-likeness (QED) is 0.562. The maximum Gasteiger partial charge on any atom is 0.248 e. The van der Waals surface area contributed by atoms with Gasteiger partial charge in [0.25, 0.3) is 0 Å². The molecular formula is C22H19BrFN5O3. The van der Waals surface area contributed by atoms with Gasteiger partial charge in [-0.2, -0.15) is 4.68 Å². The van der Waals surface area contributed by atoms with Crippen LogP contribution in [0.5, 0.6) is 11.5 Å². The fraction of sp³-hybridized carbons (Fsp3) is 0.273. The number of benzene rings is 2. The van der Waals surface area contributed by atoms with Gasteiger partial charge in [0.15, 0.2) is 17.3 Å². The lowest BCUT2D eigenvalue weighted by atomic mass is 9.85. The van der Waals surface area contributed by atoms with E-state index in [9.17, 15) is 9.18 Å². The van der Waals surface area contributed by atoms with Gasteiger partial charge in [-0.3, -0.25) is 4.79 Å². The number of anilines is 1. The Bertz CT molecular complexity index is 1240. The molecule has 5 rings (SSSR count). The molecule has 0 saturated carbocycles. The van der Waals surface area contributed by atoms with E-state index < -0.39 is 6.04 Å². The topological polar surface area (TPSA) is 91.2 Å². The van der Waals surface area contributed by atoms with Crippen LogP contribution in [0.15, 0.2) is 52.1 Å². The van der Waals surface area contributed by atoms with Gasteiger partial charge in [0, 0.05) is 23.3 Å². The third-order valence-corrected chi connectivity index (χ3v) is 6.22. The molecule has 1 unspecified atom stereocenters. The van der Waals surface area contributed by atoms with Crippen molar-refractivity contribution in [3.8, 4) is 11.5 Å². The number of aromatic nitrogens is 4. The molecule has 0 amide bonds. The molecule has 1 aliphatic heterocycles. The third-order valence-electron chi connectivity index (χ3n) is 5.63. The van der Waals surface area contributed by atoms with Gasteiger partial charge in [-0.05, 0) is 63.0 Å². The van der Waals surface area contributed by atoms with Crippen LogP contribution < -0.4 is 14.8 Å². The predicted molar refractivity (Wildman–Crippen MR) is 117 cm³/mol. The molecule has 2 aliphatic rings. The molecule has 1 N–H and O–H groups in total. The van der Waals surface area contributed by atoms with Crippen molar-refractivity contribution >= 4 is 27.7 Å². The van der Waals surface area contributed by atoms with E-state index in [2.05, 4.69) is 36.8 Å². The molecular weight excluding hydrogens is 481 g/mol. The number of tetrazole rings is 1. The SMILES string of the molecule is COc1cc(C2C3=C(CCCC3=O)Nc3nnnn32)cc(Br)c1OCc1ccccc1F. The molecule has 10 heteroatoms. The van der Waals surface area contributed by atoms with Crippen LogP contribution in [0.3, 0.4) is 0 Å². The molecule has 0 spiro atoms. The summed E-state index contributed by atoms with van der Waals surface area (Å²) >= 11 is 3.56. The first-order chi connectivity index (χ1) is 15.6. The number of nitrogens with one attached hydrogen (secondary N) is 1. The van der Waals surface area contributed by atoms with Crippen LogP contribution in [0.25, 0.3) is 0 Å². The Morgan fingerprint density at radius 3 is 2.94 bits per heavy atom. The number of carbonyl (C=O) groups excluding carboxylic acids is 1. The van der Waals surface area contributed by atoms with Gasteiger partial charge >= 0.3 is 0 Å². The molecule has 1 aromatic heterocycles. The maximum atomic E-state index is 14.0. The van der Waals surface area contributed by atoms with Gasteiger partial charge in [0.2, 0.25) is 5.95 Å². The van der Waals surface area contributed by atoms with E-state index in [4.69, 9.17) is 9.47 Å². The van der Waals surface area contributed by atoms with Crippen molar-refractivity contribution in [2.45, 2.75) is 31.9 Å². The second kappa shape index (κ2) is 8.34. The zero-order valence-electron chi connectivity index (χ0n) is 17.1. The zero-order chi connectivity index (χ0) is 22.2. The number of ether oxygens (including phenoxy) is 2. The highest BCUT2D eigenvalue weighted by molar-refractivity contribution is 9.10. The first-order valence-corrected chi connectivity index (χ1v) is 10.9. The molecule has 0 bridgehead atoms. The van der Waals surface area contributed by atoms with Gasteiger partial charge in [0.05, 0.1) is 11.6 Å². The van der Waals surface area contributed by atoms with Crippen molar-refractivity contribution in [2.75, 3.05) is 12.4 Å². The summed E-state index contributed by atoms with van der Waals surface area (Å²) in [4.78, 5) is 12.9. The highest BCUT2D eigenvalue weighted by atomic mass is 79.9. The van der Waals surface area contributed by atoms with Gasteiger partial charge in [0.1, 0.15) is 18.5 Å². The van der Waals surface area contributed by atoms with E-state index in [0.29, 0.717) is 39.5 Å². The van der Waals surface area contributed by atoms with Crippen LogP contribution in [0.2, 0.25) is 0 Å². The van der Waals surface area contributed by atoms with Crippen LogP contribution in [-0.2, 0) is 11.4 Å². The van der Waals surface area contributed by atoms with Crippen LogP contribution in [0, 0.1) is 5.82 Å². The maximum absolute atomic E-state index is 14.0. The molecule has 1 atom stereocenters. The number of allylic oxidation sites excluding steroid dienone is 2. The summed E-state index contributed by atoms with van der Waals surface area (Å²) in [7, 11) is 1.53. The van der Waals surface area contributed by atoms with Crippen LogP contribution in [0.1, 0.15) is 36.4 Å². The lowest BCUT2D eigenvalue weighted by molar-refractivity contribution is -0.116. The van der Waals surface area contributed by atoms with Crippen molar-refractivity contribution in [3.05, 3.63) is 69.1 Å². The minimum atomic E-state index is -0.491. The Morgan fingerprint density at radius 1 is 1.28 bits per heavy atom. The van der Waals surface area contributed by atoms with Gasteiger partial charge < -0.3 is 14.8 Å². The molecule has 0 radical (unpaired) electrons. The highest BCUT2D eigenvalue weighted by Crippen LogP contribution is 2.44. The molecule has 2 aromatic carbocycles. The van der Waals surface area contributed by atoms with E-state index in [-0.39, 0.29) is 18.2 Å². The Labute approximate surface area is 191 Å². The predicted octanol–water partition coefficient (Wildman–Crippen LogP) is 4.18. The number of Topliss-reactive ketones (excluding diaryl/α,β-unsaturated/α-hetero) is 1. The van der Waals surface area contributed by atoms with Crippen LogP contribution in [0.4, 0.5) is 10.3 Å². The standard InChI is InChI=1S/C22H19BrFN5O3/c1-31-18-10-13(9-14(23)21(18)32-11-12-5-2-3-6-15(12)24)20-19-16(7-4-8-17(19)30)25-22-26-27-28-29(20)22/h2-3,5-6,9-10,20H,4,7-8,11H2,1H3,(H,25,26,28). The van der Waals surface area contributed by atoms with E-state index in [1.54, 1.807) is 28.9 Å². The molecule has 2 heterocycles. The van der Waals surface area contributed by atoms with Crippen LogP contribution in [-0.4, -0.2) is 33.1 Å². The Morgan fingerprint density at radius 2 is 2.12 bits per heavy atom. The lowest BCUT2D eigenvalue weighted by Gasteiger charge is -2.32. The fourth-order valence-electron chi connectivity index (χ4n) is 4.13. The van der Waals surface area contributed by atoms with Crippen molar-refractivity contribution in [1.82, 2.24) is 20.2 Å². The number of hydrogen-bond acceptors (Lipinski definition) is 7. The second-order valence-corrected chi connectivity index (χ2v) is 8.41. The number of halogens is 2. The molecule has 1 aliphatic carbocycles. The average molecular weight is 500 g/mol. The minimum absolute atomic E-state index is 0.0409. The summed E-state index contributed by atoms with van der Waals surface area (Å²) in [5.41, 5.74) is 2.71. The number of hydrogen-bond donors (Lipinski definition) is 1. The van der Waals surface area contributed by atoms with Crippen LogP contribution >= 0.6 is 15.9 Å². The van der Waals surface area contributed by atoms with E-state index in [1.165, 1.54) is 13.2 Å². The van der Waals surface area contributed by atoms with Crippen molar-refractivity contribution in [3.63, 3.8) is 0 Å². The Balaban J connectivity index is 1.54. The summed E-state index contributed by atoms with van der Waals surface area (Å²) < 4.78 is 27.7. The largest absolute Gasteiger partial charge is 0.493 e. The zero-order valence-corrected chi connectivity index (χ0v) is 18.7. The molecule has 8 nitrogen and oxygen atoms in total. The Kier molecular flexibility index (Phi) is 5.38. The number of methoxy groups -OCH3 is 1. The van der Waals surface area contributed by atoms with Gasteiger partial charge in [-0.15, -0.1) is 0 Å². The monoisotopic (exact) mass is 499 g/mol. The summed E-state index contributed by atoms with van der Waals surface area (Å²) in [6, 6.07) is 9.61. The summed E-state index contributed by atoms with van der Waals surface area (Å²) in [6.45, 7) is 0.0409. The van der Waals surface area contributed by atoms with Crippen molar-refractivity contribution < 1.29 is 18.7 Å². The molecule has 0 saturated heterocycles. The minimum Gasteiger partial charge on any atom is -0.493 e. The lowest BCUT2D eigenvalue weighted by Crippen LogP contribution is -2.31. The number of fused-ring (bicyclic) bond motifs is 1. The summed E-state index contributed by atoms with van der Waals surface area (Å²) in [5.74, 6) is 1.10. The van der Waals surface area contributed by atoms with Gasteiger partial charge in [-0.25, -0.2) is 4.39 Å². The molecule has 32 heavy (non-hydrogen) atoms. The highest BCUT2D eigenvalue weighted by Gasteiger charge is 2.37. The van der Waals surface area contributed by atoms with Gasteiger partial charge in [-0.1, -0.05) is 23.3 Å². The van der Waals surface area contributed by atoms with E-state index in [0.717, 1.165) is 24.1 Å². The second-order valence-electron chi connectivity index (χ2n) is 7.56. The molecule has 164 valence electrons. The molecule has 0 fully saturated rings. The Hall–Kier alpha value is -3.27. The van der Waals surface area contributed by atoms with Crippen molar-refractivity contribution in [2.24, 2.45) is 0 Å². The number of ketones is 1. The van der Waals surface area contributed by atoms with E-state index >= 15 is 0 Å². The first kappa shape index (κ1) is 20.6. The summed E-state index contributed by atoms with van der Waals surface area (Å²) in [5, 5.41) is 15.1. The van der Waals surface area contributed by atoms with E-state index in [1.807, 2.05) is 6.07 Å². The normalized spacial score (nSPS) is 17.5. The number of carbonyl (C=O) groups is 1. The number of nitrogens with zero attached hydrogens (tertiary/aromatic N) is 4. The fourth-order valence-corrected chi connectivity index (χ4v) is 4.70. The van der Waals surface area contributed by atoms with Crippen molar-refractivity contribution in [1.29, 1.82) is 0 Å². The molecule has 3 aromatic rings. The smallest absolute Gasteiger partial charge is 0.248 e. The first-order valence-electron chi connectivity index (χ1n) is 10.1. The number of rotatable bonds is 5. The third kappa shape index (κ3) is 3.54. The average Bonchev–Trinajstić information content (AvgIpc) is 3.26.